The molecule has 0 spiro atoms. The highest BCUT2D eigenvalue weighted by Gasteiger charge is 2.17. The first-order valence-corrected chi connectivity index (χ1v) is 5.74. The number of benzene rings is 1. The molecule has 0 saturated carbocycles. The van der Waals surface area contributed by atoms with Gasteiger partial charge in [-0.3, -0.25) is 0 Å². The Hall–Kier alpha value is -2.24. The Labute approximate surface area is 111 Å². The summed E-state index contributed by atoms with van der Waals surface area (Å²) in [6.45, 7) is 2.97. The first-order chi connectivity index (χ1) is 8.95. The highest BCUT2D eigenvalue weighted by Crippen LogP contribution is 2.26. The van der Waals surface area contributed by atoms with E-state index in [1.807, 2.05) is 0 Å². The van der Waals surface area contributed by atoms with E-state index in [1.165, 1.54) is 13.2 Å². The maximum absolute atomic E-state index is 11.8. The second-order valence-corrected chi connectivity index (χ2v) is 4.04. The molecule has 6 nitrogen and oxygen atoms in total. The van der Waals surface area contributed by atoms with Crippen molar-refractivity contribution in [3.63, 3.8) is 0 Å². The van der Waals surface area contributed by atoms with E-state index >= 15 is 0 Å². The molecule has 0 unspecified atom stereocenters. The molecule has 0 saturated heterocycles. The smallest absolute Gasteiger partial charge is 0.344 e. The van der Waals surface area contributed by atoms with Crippen molar-refractivity contribution in [1.82, 2.24) is 0 Å². The minimum atomic E-state index is -0.690. The van der Waals surface area contributed by atoms with Gasteiger partial charge in [0.15, 0.2) is 12.4 Å². The van der Waals surface area contributed by atoms with E-state index in [2.05, 4.69) is 0 Å². The van der Waals surface area contributed by atoms with Crippen LogP contribution in [0.2, 0.25) is 0 Å². The maximum atomic E-state index is 11.8. The van der Waals surface area contributed by atoms with Crippen molar-refractivity contribution in [3.8, 4) is 5.75 Å². The number of hydrogen-bond donors (Lipinski definition) is 1. The number of carbonyl (C=O) groups excluding carboxylic acids is 2. The molecule has 0 aromatic heterocycles. The van der Waals surface area contributed by atoms with Gasteiger partial charge in [-0.05, 0) is 26.0 Å². The summed E-state index contributed by atoms with van der Waals surface area (Å²) in [5.74, 6) is -1.07. The van der Waals surface area contributed by atoms with Gasteiger partial charge in [0.1, 0.15) is 5.56 Å². The van der Waals surface area contributed by atoms with E-state index in [0.29, 0.717) is 5.69 Å². The molecular formula is C13H17NO5. The van der Waals surface area contributed by atoms with E-state index in [1.54, 1.807) is 26.0 Å². The molecule has 19 heavy (non-hydrogen) atoms. The Morgan fingerprint density at radius 3 is 2.58 bits per heavy atom. The van der Waals surface area contributed by atoms with Crippen LogP contribution in [-0.4, -0.2) is 31.8 Å². The first-order valence-electron chi connectivity index (χ1n) is 5.74. The van der Waals surface area contributed by atoms with Crippen LogP contribution in [-0.2, 0) is 14.3 Å². The van der Waals surface area contributed by atoms with Crippen LogP contribution in [0.4, 0.5) is 5.69 Å². The van der Waals surface area contributed by atoms with Crippen molar-refractivity contribution >= 4 is 17.6 Å². The van der Waals surface area contributed by atoms with Crippen LogP contribution in [0.1, 0.15) is 24.2 Å². The number of esters is 2. The maximum Gasteiger partial charge on any atom is 0.344 e. The SMILES string of the molecule is COc1c(N)cccc1C(=O)OCC(=O)OC(C)C. The Balaban J connectivity index is 2.69. The summed E-state index contributed by atoms with van der Waals surface area (Å²) in [7, 11) is 1.40. The summed E-state index contributed by atoms with van der Waals surface area (Å²) in [4.78, 5) is 23.1. The van der Waals surface area contributed by atoms with Crippen LogP contribution in [0.5, 0.6) is 5.75 Å². The number of nitrogens with two attached hydrogens (primary N) is 1. The molecule has 6 heteroatoms. The quantitative estimate of drug-likeness (QED) is 0.640. The largest absolute Gasteiger partial charge is 0.494 e. The third-order valence-electron chi connectivity index (χ3n) is 2.16. The zero-order valence-corrected chi connectivity index (χ0v) is 11.1. The van der Waals surface area contributed by atoms with E-state index < -0.39 is 18.5 Å². The van der Waals surface area contributed by atoms with E-state index in [9.17, 15) is 9.59 Å². The monoisotopic (exact) mass is 267 g/mol. The molecule has 0 fully saturated rings. The minimum absolute atomic E-state index is 0.167. The predicted molar refractivity (Wildman–Crippen MR) is 68.9 cm³/mol. The fraction of sp³-hybridized carbons (Fsp3) is 0.385. The van der Waals surface area contributed by atoms with E-state index in [4.69, 9.17) is 19.9 Å². The van der Waals surface area contributed by atoms with Crippen LogP contribution in [0.3, 0.4) is 0 Å². The van der Waals surface area contributed by atoms with Gasteiger partial charge in [-0.25, -0.2) is 9.59 Å². The second-order valence-electron chi connectivity index (χ2n) is 4.04. The number of carbonyl (C=O) groups is 2. The van der Waals surface area contributed by atoms with Gasteiger partial charge in [-0.2, -0.15) is 0 Å². The topological polar surface area (TPSA) is 87.9 Å². The lowest BCUT2D eigenvalue weighted by atomic mass is 10.2. The number of anilines is 1. The Bertz CT molecular complexity index is 470. The highest BCUT2D eigenvalue weighted by atomic mass is 16.6. The number of hydrogen-bond acceptors (Lipinski definition) is 6. The summed E-state index contributed by atoms with van der Waals surface area (Å²) in [5, 5.41) is 0. The number of para-hydroxylation sites is 1. The van der Waals surface area contributed by atoms with Crippen molar-refractivity contribution in [1.29, 1.82) is 0 Å². The van der Waals surface area contributed by atoms with Crippen LogP contribution in [0.25, 0.3) is 0 Å². The Morgan fingerprint density at radius 2 is 2.00 bits per heavy atom. The molecule has 1 aromatic rings. The summed E-state index contributed by atoms with van der Waals surface area (Å²) in [6.07, 6.45) is -0.256. The Kier molecular flexibility index (Phi) is 5.17. The van der Waals surface area contributed by atoms with Gasteiger partial charge >= 0.3 is 11.9 Å². The third-order valence-corrected chi connectivity index (χ3v) is 2.16. The summed E-state index contributed by atoms with van der Waals surface area (Å²) >= 11 is 0. The van der Waals surface area contributed by atoms with Crippen LogP contribution >= 0.6 is 0 Å². The fourth-order valence-electron chi connectivity index (χ4n) is 1.44. The molecule has 2 N–H and O–H groups in total. The van der Waals surface area contributed by atoms with Gasteiger partial charge in [0, 0.05) is 0 Å². The molecule has 1 rings (SSSR count). The van der Waals surface area contributed by atoms with Crippen LogP contribution in [0, 0.1) is 0 Å². The molecule has 104 valence electrons. The van der Waals surface area contributed by atoms with Crippen molar-refractivity contribution in [2.45, 2.75) is 20.0 Å². The predicted octanol–water partition coefficient (Wildman–Crippen LogP) is 1.39. The standard InChI is InChI=1S/C13H17NO5/c1-8(2)19-11(15)7-18-13(16)9-5-4-6-10(14)12(9)17-3/h4-6,8H,7,14H2,1-3H3. The van der Waals surface area contributed by atoms with Gasteiger partial charge in [-0.1, -0.05) is 6.07 Å². The van der Waals surface area contributed by atoms with Crippen molar-refractivity contribution in [3.05, 3.63) is 23.8 Å². The Morgan fingerprint density at radius 1 is 1.32 bits per heavy atom. The van der Waals surface area contributed by atoms with Gasteiger partial charge in [0.05, 0.1) is 18.9 Å². The molecule has 0 aliphatic carbocycles. The van der Waals surface area contributed by atoms with Crippen LogP contribution < -0.4 is 10.5 Å². The number of rotatable bonds is 5. The number of methoxy groups -OCH3 is 1. The van der Waals surface area contributed by atoms with Crippen molar-refractivity contribution < 1.29 is 23.8 Å². The van der Waals surface area contributed by atoms with Crippen molar-refractivity contribution in [2.75, 3.05) is 19.5 Å². The number of nitrogen functional groups attached to an aromatic ring is 1. The molecule has 0 aliphatic heterocycles. The summed E-state index contributed by atoms with van der Waals surface area (Å²) in [6, 6.07) is 4.70. The third kappa shape index (κ3) is 4.17. The zero-order valence-electron chi connectivity index (χ0n) is 11.1. The second kappa shape index (κ2) is 6.63. The molecular weight excluding hydrogens is 250 g/mol. The average molecular weight is 267 g/mol. The lowest BCUT2D eigenvalue weighted by molar-refractivity contribution is -0.150. The summed E-state index contributed by atoms with van der Waals surface area (Å²) < 4.78 is 14.7. The van der Waals surface area contributed by atoms with Gasteiger partial charge < -0.3 is 19.9 Å². The highest BCUT2D eigenvalue weighted by molar-refractivity contribution is 5.95. The lowest BCUT2D eigenvalue weighted by Crippen LogP contribution is -2.20. The van der Waals surface area contributed by atoms with E-state index in [-0.39, 0.29) is 17.4 Å². The molecule has 0 radical (unpaired) electrons. The van der Waals surface area contributed by atoms with Gasteiger partial charge in [-0.15, -0.1) is 0 Å². The fourth-order valence-corrected chi connectivity index (χ4v) is 1.44. The van der Waals surface area contributed by atoms with Crippen LogP contribution in [0.15, 0.2) is 18.2 Å². The molecule has 0 aliphatic rings. The molecule has 0 atom stereocenters. The molecule has 0 bridgehead atoms. The molecule has 1 aromatic carbocycles. The molecule has 0 heterocycles. The first kappa shape index (κ1) is 14.8. The zero-order chi connectivity index (χ0) is 14.4. The van der Waals surface area contributed by atoms with Gasteiger partial charge in [0.25, 0.3) is 0 Å². The normalized spacial score (nSPS) is 10.1. The van der Waals surface area contributed by atoms with Gasteiger partial charge in [0.2, 0.25) is 0 Å². The minimum Gasteiger partial charge on any atom is -0.494 e. The lowest BCUT2D eigenvalue weighted by Gasteiger charge is -2.11. The summed E-state index contributed by atoms with van der Waals surface area (Å²) in [5.41, 5.74) is 6.15. The van der Waals surface area contributed by atoms with Crippen molar-refractivity contribution in [2.24, 2.45) is 0 Å². The average Bonchev–Trinajstić information content (AvgIpc) is 2.34. The number of ether oxygens (including phenoxy) is 3. The molecule has 0 amide bonds. The van der Waals surface area contributed by atoms with E-state index in [0.717, 1.165) is 0 Å².